The first-order chi connectivity index (χ1) is 8.69. The molecule has 18 heavy (non-hydrogen) atoms. The van der Waals surface area contributed by atoms with Gasteiger partial charge >= 0.3 is 0 Å². The molecule has 0 unspecified atom stereocenters. The predicted molar refractivity (Wildman–Crippen MR) is 75.8 cm³/mol. The smallest absolute Gasteiger partial charge is 0.150 e. The average molecular weight is 308 g/mol. The normalized spacial score (nSPS) is 10.3. The summed E-state index contributed by atoms with van der Waals surface area (Å²) in [5.41, 5.74) is 7.55. The number of hydrogen-bond acceptors (Lipinski definition) is 3. The van der Waals surface area contributed by atoms with Crippen LogP contribution in [0.3, 0.4) is 0 Å². The molecule has 4 heteroatoms. The average Bonchev–Trinajstić information content (AvgIpc) is 2.34. The maximum atomic E-state index is 5.89. The summed E-state index contributed by atoms with van der Waals surface area (Å²) in [6.45, 7) is 0.563. The summed E-state index contributed by atoms with van der Waals surface area (Å²) in [6.07, 6.45) is 0. The molecule has 3 nitrogen and oxygen atoms in total. The molecule has 0 radical (unpaired) electrons. The Labute approximate surface area is 115 Å². The van der Waals surface area contributed by atoms with Crippen molar-refractivity contribution in [3.8, 4) is 11.5 Å². The highest BCUT2D eigenvalue weighted by Crippen LogP contribution is 2.30. The monoisotopic (exact) mass is 307 g/mol. The van der Waals surface area contributed by atoms with Gasteiger partial charge in [0.1, 0.15) is 11.5 Å². The van der Waals surface area contributed by atoms with Gasteiger partial charge in [-0.15, -0.1) is 0 Å². The van der Waals surface area contributed by atoms with Crippen molar-refractivity contribution in [3.05, 3.63) is 52.5 Å². The Bertz CT molecular complexity index is 543. The minimum Gasteiger partial charge on any atom is -0.455 e. The molecule has 0 bridgehead atoms. The highest BCUT2D eigenvalue weighted by molar-refractivity contribution is 9.10. The Morgan fingerprint density at radius 3 is 2.72 bits per heavy atom. The minimum absolute atomic E-state index is 0.563. The van der Waals surface area contributed by atoms with Gasteiger partial charge in [0.15, 0.2) is 0 Å². The van der Waals surface area contributed by atoms with Gasteiger partial charge in [-0.1, -0.05) is 28.1 Å². The van der Waals surface area contributed by atoms with Crippen molar-refractivity contribution in [3.63, 3.8) is 0 Å². The molecule has 0 fully saturated rings. The molecule has 0 aliphatic rings. The lowest BCUT2D eigenvalue weighted by Gasteiger charge is -2.09. The molecule has 0 saturated carbocycles. The zero-order valence-corrected chi connectivity index (χ0v) is 11.6. The van der Waals surface area contributed by atoms with Crippen LogP contribution in [0.2, 0.25) is 0 Å². The molecule has 2 N–H and O–H groups in total. The fourth-order valence-electron chi connectivity index (χ4n) is 1.60. The highest BCUT2D eigenvalue weighted by Gasteiger charge is 2.03. The van der Waals surface area contributed by atoms with Crippen molar-refractivity contribution in [2.75, 3.05) is 12.8 Å². The van der Waals surface area contributed by atoms with E-state index in [1.165, 1.54) is 0 Å². The van der Waals surface area contributed by atoms with Crippen molar-refractivity contribution in [1.82, 2.24) is 0 Å². The van der Waals surface area contributed by atoms with Crippen LogP contribution in [-0.2, 0) is 11.3 Å². The second-order valence-electron chi connectivity index (χ2n) is 3.86. The number of nitrogens with two attached hydrogens (primary N) is 1. The molecule has 0 aliphatic heterocycles. The third-order valence-electron chi connectivity index (χ3n) is 2.41. The van der Waals surface area contributed by atoms with E-state index in [1.807, 2.05) is 42.5 Å². The number of nitrogen functional groups attached to an aromatic ring is 1. The van der Waals surface area contributed by atoms with E-state index < -0.39 is 0 Å². The predicted octanol–water partition coefficient (Wildman–Crippen LogP) is 3.97. The van der Waals surface area contributed by atoms with Gasteiger partial charge in [0, 0.05) is 11.6 Å². The quantitative estimate of drug-likeness (QED) is 0.869. The number of halogens is 1. The van der Waals surface area contributed by atoms with Crippen LogP contribution in [-0.4, -0.2) is 7.11 Å². The molecule has 2 rings (SSSR count). The SMILES string of the molecule is COCc1cccc(Oc2ccc(Br)cc2N)c1. The van der Waals surface area contributed by atoms with Gasteiger partial charge in [0.05, 0.1) is 12.3 Å². The molecule has 94 valence electrons. The Kier molecular flexibility index (Phi) is 4.23. The van der Waals surface area contributed by atoms with Crippen molar-refractivity contribution in [2.24, 2.45) is 0 Å². The summed E-state index contributed by atoms with van der Waals surface area (Å²) in [7, 11) is 1.67. The fourth-order valence-corrected chi connectivity index (χ4v) is 1.98. The van der Waals surface area contributed by atoms with E-state index in [-0.39, 0.29) is 0 Å². The van der Waals surface area contributed by atoms with Gasteiger partial charge in [0.2, 0.25) is 0 Å². The second kappa shape index (κ2) is 5.89. The van der Waals surface area contributed by atoms with Crippen LogP contribution in [0.25, 0.3) is 0 Å². The molecule has 0 saturated heterocycles. The van der Waals surface area contributed by atoms with Gasteiger partial charge in [0.25, 0.3) is 0 Å². The summed E-state index contributed by atoms with van der Waals surface area (Å²) in [5.74, 6) is 1.39. The lowest BCUT2D eigenvalue weighted by molar-refractivity contribution is 0.184. The van der Waals surface area contributed by atoms with Crippen LogP contribution in [0.15, 0.2) is 46.9 Å². The summed E-state index contributed by atoms with van der Waals surface area (Å²) in [4.78, 5) is 0. The van der Waals surface area contributed by atoms with Crippen LogP contribution in [0, 0.1) is 0 Å². The Hall–Kier alpha value is -1.52. The summed E-state index contributed by atoms with van der Waals surface area (Å²) in [5, 5.41) is 0. The van der Waals surface area contributed by atoms with E-state index in [2.05, 4.69) is 15.9 Å². The molecule has 0 aromatic heterocycles. The largest absolute Gasteiger partial charge is 0.455 e. The van der Waals surface area contributed by atoms with Crippen molar-refractivity contribution in [2.45, 2.75) is 6.61 Å². The number of anilines is 1. The van der Waals surface area contributed by atoms with Crippen molar-refractivity contribution >= 4 is 21.6 Å². The van der Waals surface area contributed by atoms with Crippen LogP contribution < -0.4 is 10.5 Å². The lowest BCUT2D eigenvalue weighted by Crippen LogP contribution is -1.93. The summed E-state index contributed by atoms with van der Waals surface area (Å²) in [6, 6.07) is 13.3. The van der Waals surface area contributed by atoms with Crippen molar-refractivity contribution < 1.29 is 9.47 Å². The maximum Gasteiger partial charge on any atom is 0.150 e. The molecule has 0 atom stereocenters. The number of rotatable bonds is 4. The number of hydrogen-bond donors (Lipinski definition) is 1. The van der Waals surface area contributed by atoms with Gasteiger partial charge in [-0.05, 0) is 35.9 Å². The molecule has 0 amide bonds. The fraction of sp³-hybridized carbons (Fsp3) is 0.143. The van der Waals surface area contributed by atoms with E-state index in [4.69, 9.17) is 15.2 Å². The van der Waals surface area contributed by atoms with Crippen molar-refractivity contribution in [1.29, 1.82) is 0 Å². The van der Waals surface area contributed by atoms with E-state index in [0.29, 0.717) is 18.0 Å². The van der Waals surface area contributed by atoms with E-state index >= 15 is 0 Å². The van der Waals surface area contributed by atoms with Crippen LogP contribution >= 0.6 is 15.9 Å². The number of methoxy groups -OCH3 is 1. The topological polar surface area (TPSA) is 44.5 Å². The Morgan fingerprint density at radius 1 is 1.17 bits per heavy atom. The first kappa shape index (κ1) is 12.9. The number of ether oxygens (including phenoxy) is 2. The molecular weight excluding hydrogens is 294 g/mol. The minimum atomic E-state index is 0.563. The maximum absolute atomic E-state index is 5.89. The van der Waals surface area contributed by atoms with Gasteiger partial charge in [-0.2, -0.15) is 0 Å². The first-order valence-electron chi connectivity index (χ1n) is 5.50. The van der Waals surface area contributed by atoms with E-state index in [9.17, 15) is 0 Å². The van der Waals surface area contributed by atoms with E-state index in [1.54, 1.807) is 7.11 Å². The summed E-state index contributed by atoms with van der Waals surface area (Å²) < 4.78 is 11.8. The van der Waals surface area contributed by atoms with Crippen LogP contribution in [0.1, 0.15) is 5.56 Å². The van der Waals surface area contributed by atoms with E-state index in [0.717, 1.165) is 15.8 Å². The number of benzene rings is 2. The highest BCUT2D eigenvalue weighted by atomic mass is 79.9. The second-order valence-corrected chi connectivity index (χ2v) is 4.78. The Balaban J connectivity index is 2.20. The Morgan fingerprint density at radius 2 is 2.00 bits per heavy atom. The molecule has 0 heterocycles. The van der Waals surface area contributed by atoms with Gasteiger partial charge < -0.3 is 15.2 Å². The standard InChI is InChI=1S/C14H14BrNO2/c1-17-9-10-3-2-4-12(7-10)18-14-6-5-11(15)8-13(14)16/h2-8H,9,16H2,1H3. The first-order valence-corrected chi connectivity index (χ1v) is 6.29. The third-order valence-corrected chi connectivity index (χ3v) is 2.90. The molecule has 0 spiro atoms. The van der Waals surface area contributed by atoms with Gasteiger partial charge in [-0.3, -0.25) is 0 Å². The lowest BCUT2D eigenvalue weighted by atomic mass is 10.2. The third kappa shape index (κ3) is 3.24. The molecule has 2 aromatic carbocycles. The van der Waals surface area contributed by atoms with Crippen LogP contribution in [0.4, 0.5) is 5.69 Å². The molecular formula is C14H14BrNO2. The zero-order valence-electron chi connectivity index (χ0n) is 10.0. The zero-order chi connectivity index (χ0) is 13.0. The van der Waals surface area contributed by atoms with Gasteiger partial charge in [-0.25, -0.2) is 0 Å². The molecule has 0 aliphatic carbocycles. The van der Waals surface area contributed by atoms with Crippen LogP contribution in [0.5, 0.6) is 11.5 Å². The molecule has 2 aromatic rings. The summed E-state index contributed by atoms with van der Waals surface area (Å²) >= 11 is 3.36.